The Morgan fingerprint density at radius 1 is 1.00 bits per heavy atom. The van der Waals surface area contributed by atoms with Crippen LogP contribution in [0.4, 0.5) is 0 Å². The number of benzene rings is 2. The molecule has 3 heteroatoms. The summed E-state index contributed by atoms with van der Waals surface area (Å²) in [6.45, 7) is 3.22. The van der Waals surface area contributed by atoms with Gasteiger partial charge in [0, 0.05) is 36.7 Å². The Labute approximate surface area is 161 Å². The number of aryl methyl sites for hydroxylation is 1. The fraction of sp³-hybridized carbons (Fsp3) is 0.375. The standard InChI is InChI=1S/C24H28N2O/c27-19-24(14-12-20-7-2-1-3-8-20)13-6-16-26(18-24)17-22-10-4-9-21-11-5-15-25-23(21)22/h1-5,7-11,15,27H,6,12-14,16-19H2/t24-/m1/s1. The number of nitrogens with zero attached hydrogens (tertiary/aromatic N) is 2. The monoisotopic (exact) mass is 360 g/mol. The van der Waals surface area contributed by atoms with Gasteiger partial charge in [-0.2, -0.15) is 0 Å². The summed E-state index contributed by atoms with van der Waals surface area (Å²) in [6.07, 6.45) is 6.21. The highest BCUT2D eigenvalue weighted by Crippen LogP contribution is 2.35. The molecule has 27 heavy (non-hydrogen) atoms. The van der Waals surface area contributed by atoms with Crippen molar-refractivity contribution in [1.82, 2.24) is 9.88 Å². The van der Waals surface area contributed by atoms with Gasteiger partial charge in [0.05, 0.1) is 5.52 Å². The van der Waals surface area contributed by atoms with Gasteiger partial charge in [-0.3, -0.25) is 9.88 Å². The highest BCUT2D eigenvalue weighted by Gasteiger charge is 2.34. The van der Waals surface area contributed by atoms with Crippen molar-refractivity contribution < 1.29 is 5.11 Å². The van der Waals surface area contributed by atoms with E-state index in [2.05, 4.69) is 64.5 Å². The lowest BCUT2D eigenvalue weighted by atomic mass is 9.76. The van der Waals surface area contributed by atoms with E-state index in [0.29, 0.717) is 0 Å². The maximum Gasteiger partial charge on any atom is 0.0746 e. The summed E-state index contributed by atoms with van der Waals surface area (Å²) in [5, 5.41) is 11.4. The van der Waals surface area contributed by atoms with Crippen molar-refractivity contribution in [2.24, 2.45) is 5.41 Å². The van der Waals surface area contributed by atoms with Crippen molar-refractivity contribution in [2.75, 3.05) is 19.7 Å². The van der Waals surface area contributed by atoms with E-state index in [1.807, 2.05) is 12.3 Å². The fourth-order valence-electron chi connectivity index (χ4n) is 4.45. The summed E-state index contributed by atoms with van der Waals surface area (Å²) >= 11 is 0. The van der Waals surface area contributed by atoms with Gasteiger partial charge in [0.2, 0.25) is 0 Å². The van der Waals surface area contributed by atoms with E-state index in [1.54, 1.807) is 0 Å². The zero-order valence-electron chi connectivity index (χ0n) is 15.8. The predicted molar refractivity (Wildman–Crippen MR) is 111 cm³/mol. The van der Waals surface area contributed by atoms with Gasteiger partial charge in [-0.05, 0) is 49.4 Å². The Kier molecular flexibility index (Phi) is 5.51. The SMILES string of the molecule is OC[C@@]1(CCc2ccccc2)CCCN(Cc2cccc3cccnc23)C1. The Morgan fingerprint density at radius 3 is 2.70 bits per heavy atom. The minimum Gasteiger partial charge on any atom is -0.396 e. The van der Waals surface area contributed by atoms with Crippen LogP contribution in [0.3, 0.4) is 0 Å². The molecule has 0 saturated carbocycles. The minimum atomic E-state index is 0.00606. The molecular formula is C24H28N2O. The number of hydrogen-bond donors (Lipinski definition) is 1. The Balaban J connectivity index is 1.47. The summed E-state index contributed by atoms with van der Waals surface area (Å²) in [7, 11) is 0. The smallest absolute Gasteiger partial charge is 0.0746 e. The molecule has 0 radical (unpaired) electrons. The van der Waals surface area contributed by atoms with E-state index in [4.69, 9.17) is 0 Å². The molecule has 140 valence electrons. The quantitative estimate of drug-likeness (QED) is 0.706. The van der Waals surface area contributed by atoms with E-state index < -0.39 is 0 Å². The Morgan fingerprint density at radius 2 is 1.85 bits per heavy atom. The lowest BCUT2D eigenvalue weighted by Gasteiger charge is -2.42. The average molecular weight is 361 g/mol. The largest absolute Gasteiger partial charge is 0.396 e. The van der Waals surface area contributed by atoms with Crippen LogP contribution in [0.5, 0.6) is 0 Å². The van der Waals surface area contributed by atoms with Gasteiger partial charge in [-0.1, -0.05) is 54.6 Å². The van der Waals surface area contributed by atoms with Crippen LogP contribution < -0.4 is 0 Å². The number of aliphatic hydroxyl groups excluding tert-OH is 1. The molecule has 1 saturated heterocycles. The Hall–Kier alpha value is -2.23. The number of aromatic nitrogens is 1. The summed E-state index contributed by atoms with van der Waals surface area (Å²) in [4.78, 5) is 7.11. The second kappa shape index (κ2) is 8.20. The van der Waals surface area contributed by atoms with Crippen LogP contribution in [0.1, 0.15) is 30.4 Å². The van der Waals surface area contributed by atoms with Crippen molar-refractivity contribution in [2.45, 2.75) is 32.2 Å². The van der Waals surface area contributed by atoms with Crippen molar-refractivity contribution in [3.63, 3.8) is 0 Å². The van der Waals surface area contributed by atoms with Crippen LogP contribution in [0.25, 0.3) is 10.9 Å². The first kappa shape index (κ1) is 18.1. The molecule has 1 aromatic heterocycles. The molecule has 3 nitrogen and oxygen atoms in total. The molecule has 2 aromatic carbocycles. The first-order chi connectivity index (χ1) is 13.3. The molecule has 1 aliphatic rings. The maximum absolute atomic E-state index is 10.2. The van der Waals surface area contributed by atoms with Crippen LogP contribution in [0.2, 0.25) is 0 Å². The van der Waals surface area contributed by atoms with E-state index in [0.717, 1.165) is 50.8 Å². The molecule has 1 aliphatic heterocycles. The van der Waals surface area contributed by atoms with E-state index >= 15 is 0 Å². The molecule has 4 rings (SSSR count). The van der Waals surface area contributed by atoms with Gasteiger partial charge in [-0.15, -0.1) is 0 Å². The number of pyridine rings is 1. The lowest BCUT2D eigenvalue weighted by molar-refractivity contribution is 0.0225. The molecule has 1 atom stereocenters. The van der Waals surface area contributed by atoms with Crippen molar-refractivity contribution in [1.29, 1.82) is 0 Å². The molecule has 1 fully saturated rings. The number of rotatable bonds is 6. The average Bonchev–Trinajstić information content (AvgIpc) is 2.74. The van der Waals surface area contributed by atoms with E-state index in [-0.39, 0.29) is 12.0 Å². The van der Waals surface area contributed by atoms with Crippen LogP contribution >= 0.6 is 0 Å². The fourth-order valence-corrected chi connectivity index (χ4v) is 4.45. The third kappa shape index (κ3) is 4.20. The summed E-state index contributed by atoms with van der Waals surface area (Å²) in [6, 6.07) is 21.2. The number of piperidine rings is 1. The maximum atomic E-state index is 10.2. The van der Waals surface area contributed by atoms with Gasteiger partial charge in [-0.25, -0.2) is 0 Å². The van der Waals surface area contributed by atoms with E-state index in [9.17, 15) is 5.11 Å². The highest BCUT2D eigenvalue weighted by molar-refractivity contribution is 5.81. The number of fused-ring (bicyclic) bond motifs is 1. The minimum absolute atomic E-state index is 0.00606. The molecule has 0 spiro atoms. The number of hydrogen-bond acceptors (Lipinski definition) is 3. The molecule has 0 aliphatic carbocycles. The van der Waals surface area contributed by atoms with Gasteiger partial charge in [0.25, 0.3) is 0 Å². The van der Waals surface area contributed by atoms with Crippen LogP contribution in [0.15, 0.2) is 66.9 Å². The second-order valence-electron chi connectivity index (χ2n) is 7.95. The van der Waals surface area contributed by atoms with Gasteiger partial charge >= 0.3 is 0 Å². The van der Waals surface area contributed by atoms with Crippen molar-refractivity contribution in [3.05, 3.63) is 78.0 Å². The van der Waals surface area contributed by atoms with Crippen LogP contribution in [-0.4, -0.2) is 34.7 Å². The molecule has 1 N–H and O–H groups in total. The zero-order chi connectivity index (χ0) is 18.5. The molecule has 2 heterocycles. The number of likely N-dealkylation sites (tertiary alicyclic amines) is 1. The van der Waals surface area contributed by atoms with Crippen LogP contribution in [0, 0.1) is 5.41 Å². The van der Waals surface area contributed by atoms with Crippen molar-refractivity contribution >= 4 is 10.9 Å². The summed E-state index contributed by atoms with van der Waals surface area (Å²) in [5.41, 5.74) is 3.75. The Bertz CT molecular complexity index is 874. The first-order valence-corrected chi connectivity index (χ1v) is 9.98. The summed E-state index contributed by atoms with van der Waals surface area (Å²) in [5.74, 6) is 0. The van der Waals surface area contributed by atoms with Crippen molar-refractivity contribution in [3.8, 4) is 0 Å². The highest BCUT2D eigenvalue weighted by atomic mass is 16.3. The third-order valence-corrected chi connectivity index (χ3v) is 5.97. The van der Waals surface area contributed by atoms with Gasteiger partial charge in [0.15, 0.2) is 0 Å². The molecule has 3 aromatic rings. The molecule has 0 unspecified atom stereocenters. The molecule has 0 amide bonds. The van der Waals surface area contributed by atoms with Gasteiger partial charge < -0.3 is 5.11 Å². The normalized spacial score (nSPS) is 20.8. The first-order valence-electron chi connectivity index (χ1n) is 9.98. The lowest BCUT2D eigenvalue weighted by Crippen LogP contribution is -2.45. The number of aliphatic hydroxyl groups is 1. The van der Waals surface area contributed by atoms with Gasteiger partial charge in [0.1, 0.15) is 0 Å². The van der Waals surface area contributed by atoms with E-state index in [1.165, 1.54) is 16.5 Å². The second-order valence-corrected chi connectivity index (χ2v) is 7.95. The van der Waals surface area contributed by atoms with Crippen LogP contribution in [-0.2, 0) is 13.0 Å². The zero-order valence-corrected chi connectivity index (χ0v) is 15.8. The predicted octanol–water partition coefficient (Wildman–Crippen LogP) is 4.44. The summed E-state index contributed by atoms with van der Waals surface area (Å²) < 4.78 is 0. The number of para-hydroxylation sites is 1. The molecular weight excluding hydrogens is 332 g/mol. The molecule has 0 bridgehead atoms. The third-order valence-electron chi connectivity index (χ3n) is 5.97. The topological polar surface area (TPSA) is 36.4 Å².